The lowest BCUT2D eigenvalue weighted by Crippen LogP contribution is -1.92. The largest absolute Gasteiger partial charge is 0.481 e. The van der Waals surface area contributed by atoms with Crippen molar-refractivity contribution in [2.24, 2.45) is 0 Å². The Kier molecular flexibility index (Phi) is 4.32. The van der Waals surface area contributed by atoms with E-state index >= 15 is 0 Å². The van der Waals surface area contributed by atoms with E-state index in [1.165, 1.54) is 0 Å². The average molecular weight is 115 g/mol. The average Bonchev–Trinajstić information content (AvgIpc) is 1.66. The molecule has 2 nitrogen and oxygen atoms in total. The topological polar surface area (TPSA) is 37.3 Å². The van der Waals surface area contributed by atoms with E-state index in [0.29, 0.717) is 6.42 Å². The highest BCUT2D eigenvalue weighted by molar-refractivity contribution is 5.66. The third-order valence-electron chi connectivity index (χ3n) is 0.851. The van der Waals surface area contributed by atoms with E-state index in [4.69, 9.17) is 5.11 Å². The number of rotatable bonds is 4. The lowest BCUT2D eigenvalue weighted by molar-refractivity contribution is -0.136. The summed E-state index contributed by atoms with van der Waals surface area (Å²) in [6.07, 6.45) is 3.90. The van der Waals surface area contributed by atoms with Crippen LogP contribution in [0.25, 0.3) is 0 Å². The van der Waals surface area contributed by atoms with Crippen molar-refractivity contribution in [2.45, 2.75) is 26.2 Å². The van der Waals surface area contributed by atoms with Gasteiger partial charge < -0.3 is 5.11 Å². The Hall–Kier alpha value is -0.530. The Bertz CT molecular complexity index is 68.9. The van der Waals surface area contributed by atoms with Crippen LogP contribution in [0.1, 0.15) is 26.2 Å². The monoisotopic (exact) mass is 115 g/mol. The van der Waals surface area contributed by atoms with Gasteiger partial charge in [-0.1, -0.05) is 13.3 Å². The molecule has 0 atom stereocenters. The quantitative estimate of drug-likeness (QED) is 0.563. The maximum atomic E-state index is 9.85. The molecule has 0 rings (SSSR count). The lowest BCUT2D eigenvalue weighted by atomic mass is 10.2. The molecule has 8 heavy (non-hydrogen) atoms. The predicted molar refractivity (Wildman–Crippen MR) is 31.5 cm³/mol. The van der Waals surface area contributed by atoms with Crippen molar-refractivity contribution in [3.8, 4) is 0 Å². The molecule has 2 heteroatoms. The molecule has 0 saturated carbocycles. The van der Waals surface area contributed by atoms with Crippen LogP contribution < -0.4 is 0 Å². The highest BCUT2D eigenvalue weighted by Crippen LogP contribution is 1.95. The van der Waals surface area contributed by atoms with Crippen LogP contribution in [0.2, 0.25) is 0 Å². The van der Waals surface area contributed by atoms with Crippen LogP contribution in [-0.2, 0) is 4.79 Å². The van der Waals surface area contributed by atoms with E-state index in [0.717, 1.165) is 6.42 Å². The second-order valence-corrected chi connectivity index (χ2v) is 1.63. The zero-order chi connectivity index (χ0) is 6.41. The molecule has 0 unspecified atom stereocenters. The van der Waals surface area contributed by atoms with Crippen LogP contribution in [-0.4, -0.2) is 11.1 Å². The summed E-state index contributed by atoms with van der Waals surface area (Å²) in [5, 5.41) is 8.12. The van der Waals surface area contributed by atoms with E-state index < -0.39 is 5.97 Å². The van der Waals surface area contributed by atoms with Crippen LogP contribution in [0.5, 0.6) is 0 Å². The van der Waals surface area contributed by atoms with Crippen LogP contribution in [0, 0.1) is 6.42 Å². The third kappa shape index (κ3) is 5.47. The molecule has 0 aromatic carbocycles. The smallest absolute Gasteiger partial charge is 0.303 e. The van der Waals surface area contributed by atoms with Gasteiger partial charge in [-0.15, -0.1) is 0 Å². The number of aliphatic carboxylic acids is 1. The van der Waals surface area contributed by atoms with Crippen molar-refractivity contribution in [1.29, 1.82) is 0 Å². The summed E-state index contributed by atoms with van der Waals surface area (Å²) in [6.45, 7) is 2.00. The molecule has 0 aliphatic rings. The van der Waals surface area contributed by atoms with Gasteiger partial charge in [0, 0.05) is 6.42 Å². The predicted octanol–water partition coefficient (Wildman–Crippen LogP) is 1.47. The Labute approximate surface area is 49.5 Å². The van der Waals surface area contributed by atoms with Gasteiger partial charge in [0.2, 0.25) is 0 Å². The van der Waals surface area contributed by atoms with Gasteiger partial charge in [-0.3, -0.25) is 4.79 Å². The molecule has 0 aliphatic carbocycles. The first kappa shape index (κ1) is 7.47. The second-order valence-electron chi connectivity index (χ2n) is 1.63. The summed E-state index contributed by atoms with van der Waals surface area (Å²) in [6, 6.07) is 0. The van der Waals surface area contributed by atoms with Crippen LogP contribution >= 0.6 is 0 Å². The van der Waals surface area contributed by atoms with E-state index in [9.17, 15) is 4.79 Å². The number of carbonyl (C=O) groups is 1. The first-order valence-electron chi connectivity index (χ1n) is 2.80. The SMILES string of the molecule is CC[CH]CCC(=O)O. The fourth-order valence-corrected chi connectivity index (χ4v) is 0.430. The van der Waals surface area contributed by atoms with Crippen molar-refractivity contribution in [3.05, 3.63) is 6.42 Å². The van der Waals surface area contributed by atoms with Crippen molar-refractivity contribution in [3.63, 3.8) is 0 Å². The van der Waals surface area contributed by atoms with E-state index in [1.54, 1.807) is 0 Å². The molecule has 0 bridgehead atoms. The molecular weight excluding hydrogens is 104 g/mol. The Morgan fingerprint density at radius 3 is 2.75 bits per heavy atom. The summed E-state index contributed by atoms with van der Waals surface area (Å²) in [5.74, 6) is -0.713. The number of unbranched alkanes of at least 4 members (excludes halogenated alkanes) is 2. The number of carboxylic acids is 1. The summed E-state index contributed by atoms with van der Waals surface area (Å²) in [7, 11) is 0. The molecule has 0 aliphatic heterocycles. The molecule has 0 fully saturated rings. The Balaban J connectivity index is 2.82. The third-order valence-corrected chi connectivity index (χ3v) is 0.851. The molecule has 1 N–H and O–H groups in total. The van der Waals surface area contributed by atoms with Gasteiger partial charge in [0.05, 0.1) is 0 Å². The maximum Gasteiger partial charge on any atom is 0.303 e. The summed E-state index contributed by atoms with van der Waals surface area (Å²) in [5.41, 5.74) is 0. The standard InChI is InChI=1S/C6H11O2/c1-2-3-4-5-6(7)8/h3H,2,4-5H2,1H3,(H,7,8). The van der Waals surface area contributed by atoms with E-state index in [2.05, 4.69) is 0 Å². The maximum absolute atomic E-state index is 9.85. The van der Waals surface area contributed by atoms with Gasteiger partial charge in [0.15, 0.2) is 0 Å². The van der Waals surface area contributed by atoms with Crippen molar-refractivity contribution in [2.75, 3.05) is 0 Å². The van der Waals surface area contributed by atoms with Gasteiger partial charge in [-0.05, 0) is 12.8 Å². The van der Waals surface area contributed by atoms with Gasteiger partial charge in [0.1, 0.15) is 0 Å². The Morgan fingerprint density at radius 1 is 1.75 bits per heavy atom. The molecule has 1 radical (unpaired) electrons. The fraction of sp³-hybridized carbons (Fsp3) is 0.667. The molecule has 0 amide bonds. The molecule has 0 spiro atoms. The van der Waals surface area contributed by atoms with Gasteiger partial charge >= 0.3 is 5.97 Å². The van der Waals surface area contributed by atoms with Gasteiger partial charge in [-0.2, -0.15) is 0 Å². The summed E-state index contributed by atoms with van der Waals surface area (Å²) >= 11 is 0. The summed E-state index contributed by atoms with van der Waals surface area (Å²) < 4.78 is 0. The normalized spacial score (nSPS) is 9.12. The second kappa shape index (κ2) is 4.62. The fourth-order valence-electron chi connectivity index (χ4n) is 0.430. The molecule has 0 heterocycles. The molecule has 0 aromatic heterocycles. The van der Waals surface area contributed by atoms with Crippen LogP contribution in [0.4, 0.5) is 0 Å². The number of hydrogen-bond acceptors (Lipinski definition) is 1. The zero-order valence-electron chi connectivity index (χ0n) is 5.05. The Morgan fingerprint density at radius 2 is 2.38 bits per heavy atom. The highest BCUT2D eigenvalue weighted by atomic mass is 16.4. The highest BCUT2D eigenvalue weighted by Gasteiger charge is 1.93. The first-order chi connectivity index (χ1) is 3.77. The molecular formula is C6H11O2. The van der Waals surface area contributed by atoms with E-state index in [1.807, 2.05) is 13.3 Å². The number of hydrogen-bond donors (Lipinski definition) is 1. The minimum Gasteiger partial charge on any atom is -0.481 e. The summed E-state index contributed by atoms with van der Waals surface area (Å²) in [4.78, 5) is 9.85. The molecule has 0 saturated heterocycles. The number of carboxylic acid groups (broad SMARTS) is 1. The minimum absolute atomic E-state index is 0.272. The first-order valence-corrected chi connectivity index (χ1v) is 2.80. The van der Waals surface area contributed by atoms with Crippen molar-refractivity contribution in [1.82, 2.24) is 0 Å². The van der Waals surface area contributed by atoms with Crippen molar-refractivity contribution < 1.29 is 9.90 Å². The van der Waals surface area contributed by atoms with Crippen LogP contribution in [0.3, 0.4) is 0 Å². The van der Waals surface area contributed by atoms with Crippen molar-refractivity contribution >= 4 is 5.97 Å². The van der Waals surface area contributed by atoms with Gasteiger partial charge in [0.25, 0.3) is 0 Å². The zero-order valence-corrected chi connectivity index (χ0v) is 5.05. The van der Waals surface area contributed by atoms with Gasteiger partial charge in [-0.25, -0.2) is 0 Å². The lowest BCUT2D eigenvalue weighted by Gasteiger charge is -1.89. The molecule has 47 valence electrons. The molecule has 0 aromatic rings. The minimum atomic E-state index is -0.713. The van der Waals surface area contributed by atoms with Crippen LogP contribution in [0.15, 0.2) is 0 Å². The van der Waals surface area contributed by atoms with E-state index in [-0.39, 0.29) is 6.42 Å².